The number of ketones is 1. The van der Waals surface area contributed by atoms with Crippen LogP contribution >= 0.6 is 9.47 Å². The van der Waals surface area contributed by atoms with Crippen LogP contribution in [-0.4, -0.2) is 19.0 Å². The second kappa shape index (κ2) is 14.4. The van der Waals surface area contributed by atoms with Crippen molar-refractivity contribution < 1.29 is 14.1 Å². The summed E-state index contributed by atoms with van der Waals surface area (Å²) in [6, 6.07) is 0. The number of hydrogen-bond acceptors (Lipinski definition) is 3. The van der Waals surface area contributed by atoms with E-state index in [0.29, 0.717) is 11.9 Å². The lowest BCUT2D eigenvalue weighted by atomic mass is 10.1. The molecular weight excluding hydrogens is 247 g/mol. The molecule has 2 atom stereocenters. The minimum absolute atomic E-state index is 0.00458. The molecule has 0 saturated carbocycles. The molecule has 0 aromatic rings. The maximum atomic E-state index is 10.2. The SMILES string of the molecule is C=CCCC(CCC)OC.CC(=O)/C=C(/C)OP. The highest BCUT2D eigenvalue weighted by atomic mass is 31.0. The zero-order chi connectivity index (χ0) is 14.4. The van der Waals surface area contributed by atoms with Gasteiger partial charge in [0.25, 0.3) is 0 Å². The van der Waals surface area contributed by atoms with E-state index in [9.17, 15) is 4.79 Å². The van der Waals surface area contributed by atoms with Gasteiger partial charge in [-0.15, -0.1) is 6.58 Å². The van der Waals surface area contributed by atoms with E-state index in [1.54, 1.807) is 14.0 Å². The summed E-state index contributed by atoms with van der Waals surface area (Å²) in [5.41, 5.74) is 0. The van der Waals surface area contributed by atoms with Crippen molar-refractivity contribution in [2.75, 3.05) is 7.11 Å². The lowest BCUT2D eigenvalue weighted by Crippen LogP contribution is -2.08. The summed E-state index contributed by atoms with van der Waals surface area (Å²) < 4.78 is 9.86. The van der Waals surface area contributed by atoms with Gasteiger partial charge in [-0.25, -0.2) is 0 Å². The van der Waals surface area contributed by atoms with Crippen LogP contribution in [0.3, 0.4) is 0 Å². The summed E-state index contributed by atoms with van der Waals surface area (Å²) in [4.78, 5) is 10.2. The van der Waals surface area contributed by atoms with Crippen LogP contribution in [0.25, 0.3) is 0 Å². The van der Waals surface area contributed by atoms with Gasteiger partial charge in [0.05, 0.1) is 21.3 Å². The molecule has 0 N–H and O–H groups in total. The zero-order valence-electron chi connectivity index (χ0n) is 12.1. The van der Waals surface area contributed by atoms with Gasteiger partial charge in [-0.1, -0.05) is 19.4 Å². The summed E-state index contributed by atoms with van der Waals surface area (Å²) in [6.45, 7) is 9.05. The van der Waals surface area contributed by atoms with Gasteiger partial charge < -0.3 is 9.26 Å². The van der Waals surface area contributed by atoms with Crippen LogP contribution < -0.4 is 0 Å². The molecule has 0 fully saturated rings. The number of hydrogen-bond donors (Lipinski definition) is 0. The standard InChI is InChI=1S/C9H18O.C5H9O2P/c1-4-6-8-9(10-3)7-5-2;1-4(6)3-5(2)7-8/h4,9H,1,5-8H2,2-3H3;3H,8H2,1-2H3/b;5-3-. The van der Waals surface area contributed by atoms with Gasteiger partial charge in [0, 0.05) is 13.2 Å². The van der Waals surface area contributed by atoms with Gasteiger partial charge in [-0.3, -0.25) is 4.79 Å². The number of carbonyl (C=O) groups is 1. The summed E-state index contributed by atoms with van der Waals surface area (Å²) in [7, 11) is 3.84. The van der Waals surface area contributed by atoms with Gasteiger partial charge in [0.15, 0.2) is 5.78 Å². The Bertz CT molecular complexity index is 249. The normalized spacial score (nSPS) is 12.2. The van der Waals surface area contributed by atoms with Gasteiger partial charge >= 0.3 is 0 Å². The van der Waals surface area contributed by atoms with Gasteiger partial charge in [-0.05, 0) is 33.1 Å². The topological polar surface area (TPSA) is 35.5 Å². The van der Waals surface area contributed by atoms with Crippen LogP contribution in [0.2, 0.25) is 0 Å². The first kappa shape index (κ1) is 19.7. The molecular formula is C14H27O3P. The van der Waals surface area contributed by atoms with Crippen molar-refractivity contribution in [1.29, 1.82) is 0 Å². The van der Waals surface area contributed by atoms with Gasteiger partial charge in [-0.2, -0.15) is 0 Å². The Labute approximate surface area is 114 Å². The third kappa shape index (κ3) is 15.3. The average Bonchev–Trinajstić information content (AvgIpc) is 2.34. The fourth-order valence-electron chi connectivity index (χ4n) is 1.33. The Hall–Kier alpha value is -0.660. The molecule has 0 rings (SSSR count). The molecule has 3 nitrogen and oxygen atoms in total. The molecule has 0 aromatic heterocycles. The molecule has 18 heavy (non-hydrogen) atoms. The number of rotatable bonds is 8. The van der Waals surface area contributed by atoms with Crippen LogP contribution in [0, 0.1) is 0 Å². The van der Waals surface area contributed by atoms with E-state index in [1.807, 2.05) is 6.08 Å². The summed E-state index contributed by atoms with van der Waals surface area (Å²) in [5, 5.41) is 0. The predicted molar refractivity (Wildman–Crippen MR) is 80.4 cm³/mol. The Morgan fingerprint density at radius 1 is 1.39 bits per heavy atom. The Balaban J connectivity index is 0. The highest BCUT2D eigenvalue weighted by Gasteiger charge is 2.02. The molecule has 0 aliphatic rings. The van der Waals surface area contributed by atoms with Crippen molar-refractivity contribution in [2.24, 2.45) is 0 Å². The van der Waals surface area contributed by atoms with E-state index in [0.717, 1.165) is 12.8 Å². The van der Waals surface area contributed by atoms with E-state index >= 15 is 0 Å². The lowest BCUT2D eigenvalue weighted by Gasteiger charge is -2.11. The number of allylic oxidation sites excluding steroid dienone is 3. The number of methoxy groups -OCH3 is 1. The molecule has 0 saturated heterocycles. The average molecular weight is 274 g/mol. The van der Waals surface area contributed by atoms with Crippen molar-refractivity contribution >= 4 is 15.2 Å². The zero-order valence-corrected chi connectivity index (χ0v) is 13.2. The Kier molecular flexibility index (Phi) is 15.7. The molecule has 0 amide bonds. The highest BCUT2D eigenvalue weighted by molar-refractivity contribution is 7.10. The van der Waals surface area contributed by atoms with Crippen molar-refractivity contribution in [1.82, 2.24) is 0 Å². The minimum atomic E-state index is 0.00458. The van der Waals surface area contributed by atoms with Crippen LogP contribution in [0.5, 0.6) is 0 Å². The number of carbonyl (C=O) groups excluding carboxylic acids is 1. The van der Waals surface area contributed by atoms with Crippen LogP contribution in [0.4, 0.5) is 0 Å². The maximum absolute atomic E-state index is 10.2. The fraction of sp³-hybridized carbons (Fsp3) is 0.643. The predicted octanol–water partition coefficient (Wildman–Crippen LogP) is 4.05. The van der Waals surface area contributed by atoms with E-state index in [4.69, 9.17) is 4.74 Å². The van der Waals surface area contributed by atoms with Crippen molar-refractivity contribution in [3.8, 4) is 0 Å². The Morgan fingerprint density at radius 3 is 2.28 bits per heavy atom. The summed E-state index contributed by atoms with van der Waals surface area (Å²) in [5.74, 6) is 0.618. The second-order valence-electron chi connectivity index (χ2n) is 4.00. The minimum Gasteiger partial charge on any atom is -0.485 e. The smallest absolute Gasteiger partial charge is 0.155 e. The van der Waals surface area contributed by atoms with Gasteiger partial charge in [0.2, 0.25) is 0 Å². The third-order valence-corrected chi connectivity index (χ3v) is 2.60. The maximum Gasteiger partial charge on any atom is 0.155 e. The fourth-order valence-corrected chi connectivity index (χ4v) is 1.39. The summed E-state index contributed by atoms with van der Waals surface area (Å²) >= 11 is 0. The molecule has 0 bridgehead atoms. The van der Waals surface area contributed by atoms with Crippen molar-refractivity contribution in [2.45, 2.75) is 52.6 Å². The Morgan fingerprint density at radius 2 is 2.00 bits per heavy atom. The molecule has 106 valence electrons. The molecule has 0 aromatic carbocycles. The molecule has 0 aliphatic carbocycles. The van der Waals surface area contributed by atoms with E-state index in [-0.39, 0.29) is 5.78 Å². The molecule has 0 spiro atoms. The molecule has 0 aliphatic heterocycles. The number of ether oxygens (including phenoxy) is 1. The first-order valence-electron chi connectivity index (χ1n) is 6.21. The highest BCUT2D eigenvalue weighted by Crippen LogP contribution is 2.07. The monoisotopic (exact) mass is 274 g/mol. The third-order valence-electron chi connectivity index (χ3n) is 2.23. The van der Waals surface area contributed by atoms with E-state index in [2.05, 4.69) is 27.5 Å². The van der Waals surface area contributed by atoms with Crippen molar-refractivity contribution in [3.63, 3.8) is 0 Å². The van der Waals surface area contributed by atoms with Crippen molar-refractivity contribution in [3.05, 3.63) is 24.5 Å². The largest absolute Gasteiger partial charge is 0.485 e. The molecule has 2 unspecified atom stereocenters. The first-order chi connectivity index (χ1) is 8.51. The van der Waals surface area contributed by atoms with E-state index in [1.165, 1.54) is 25.8 Å². The van der Waals surface area contributed by atoms with E-state index < -0.39 is 0 Å². The summed E-state index contributed by atoms with van der Waals surface area (Å²) in [6.07, 6.45) is 8.38. The van der Waals surface area contributed by atoms with Gasteiger partial charge in [0.1, 0.15) is 0 Å². The van der Waals surface area contributed by atoms with Crippen LogP contribution in [-0.2, 0) is 14.1 Å². The quantitative estimate of drug-likeness (QED) is 0.290. The first-order valence-corrected chi connectivity index (χ1v) is 6.68. The van der Waals surface area contributed by atoms with Crippen LogP contribution in [0.1, 0.15) is 46.5 Å². The molecule has 0 heterocycles. The second-order valence-corrected chi connectivity index (χ2v) is 4.23. The molecule has 4 heteroatoms. The lowest BCUT2D eigenvalue weighted by molar-refractivity contribution is -0.112. The molecule has 0 radical (unpaired) electrons. The van der Waals surface area contributed by atoms with Crippen LogP contribution in [0.15, 0.2) is 24.5 Å².